The number of aromatic nitrogens is 1. The first-order chi connectivity index (χ1) is 6.00. The molecule has 0 saturated heterocycles. The highest BCUT2D eigenvalue weighted by Gasteiger charge is 2.23. The van der Waals surface area contributed by atoms with Crippen LogP contribution in [0, 0.1) is 0 Å². The summed E-state index contributed by atoms with van der Waals surface area (Å²) in [5.74, 6) is -0.435. The van der Waals surface area contributed by atoms with Crippen LogP contribution < -0.4 is 5.32 Å². The van der Waals surface area contributed by atoms with E-state index in [0.717, 1.165) is 0 Å². The molecular weight excluding hydrogens is 172 g/mol. The van der Waals surface area contributed by atoms with Gasteiger partial charge in [-0.1, -0.05) is 5.16 Å². The predicted molar refractivity (Wildman–Crippen MR) is 44.6 cm³/mol. The molecule has 0 aliphatic carbocycles. The average Bonchev–Trinajstić information content (AvgIpc) is 2.50. The summed E-state index contributed by atoms with van der Waals surface area (Å²) >= 11 is 0. The molecule has 0 aliphatic heterocycles. The molecule has 0 bridgehead atoms. The van der Waals surface area contributed by atoms with E-state index in [0.29, 0.717) is 5.69 Å². The smallest absolute Gasteiger partial charge is 0.251 e. The predicted octanol–water partition coefficient (Wildman–Crippen LogP) is 0.0617. The van der Waals surface area contributed by atoms with Gasteiger partial charge in [0.2, 0.25) is 0 Å². The molecule has 0 aliphatic rings. The highest BCUT2D eigenvalue weighted by atomic mass is 16.5. The van der Waals surface area contributed by atoms with Crippen molar-refractivity contribution in [2.24, 2.45) is 0 Å². The molecule has 1 heterocycles. The standard InChI is InChI=1S/C8H12N2O3/c1-8(2,12)7(11)9-5-6-3-4-13-10-6/h3-4,12H,5H2,1-2H3,(H,9,11). The molecule has 0 atom stereocenters. The molecule has 1 amide bonds. The number of hydrogen-bond donors (Lipinski definition) is 2. The van der Waals surface area contributed by atoms with Gasteiger partial charge >= 0.3 is 0 Å². The van der Waals surface area contributed by atoms with Crippen LogP contribution in [0.1, 0.15) is 19.5 Å². The van der Waals surface area contributed by atoms with Crippen molar-refractivity contribution >= 4 is 5.91 Å². The van der Waals surface area contributed by atoms with Gasteiger partial charge in [-0.25, -0.2) is 0 Å². The van der Waals surface area contributed by atoms with Crippen molar-refractivity contribution < 1.29 is 14.4 Å². The lowest BCUT2D eigenvalue weighted by Gasteiger charge is -2.15. The molecule has 0 radical (unpaired) electrons. The van der Waals surface area contributed by atoms with Crippen molar-refractivity contribution in [3.63, 3.8) is 0 Å². The molecule has 1 aromatic heterocycles. The van der Waals surface area contributed by atoms with Gasteiger partial charge in [0.15, 0.2) is 0 Å². The van der Waals surface area contributed by atoms with E-state index in [-0.39, 0.29) is 6.54 Å². The molecule has 0 spiro atoms. The largest absolute Gasteiger partial charge is 0.381 e. The molecule has 1 rings (SSSR count). The van der Waals surface area contributed by atoms with Gasteiger partial charge in [0.05, 0.1) is 6.54 Å². The Morgan fingerprint density at radius 1 is 1.77 bits per heavy atom. The fourth-order valence-electron chi connectivity index (χ4n) is 0.716. The third-order valence-electron chi connectivity index (χ3n) is 1.48. The lowest BCUT2D eigenvalue weighted by atomic mass is 10.1. The molecule has 0 fully saturated rings. The van der Waals surface area contributed by atoms with Crippen LogP contribution in [-0.2, 0) is 11.3 Å². The van der Waals surface area contributed by atoms with Crippen LogP contribution in [0.15, 0.2) is 16.9 Å². The number of rotatable bonds is 3. The van der Waals surface area contributed by atoms with E-state index in [1.165, 1.54) is 20.1 Å². The van der Waals surface area contributed by atoms with Gasteiger partial charge in [0.25, 0.3) is 5.91 Å². The number of hydrogen-bond acceptors (Lipinski definition) is 4. The normalized spacial score (nSPS) is 11.3. The Labute approximate surface area is 75.7 Å². The van der Waals surface area contributed by atoms with Crippen LogP contribution in [0.5, 0.6) is 0 Å². The Morgan fingerprint density at radius 3 is 2.92 bits per heavy atom. The molecule has 0 aromatic carbocycles. The summed E-state index contributed by atoms with van der Waals surface area (Å²) in [6, 6.07) is 1.64. The highest BCUT2D eigenvalue weighted by molar-refractivity contribution is 5.83. The van der Waals surface area contributed by atoms with Crippen molar-refractivity contribution in [2.75, 3.05) is 0 Å². The summed E-state index contributed by atoms with van der Waals surface area (Å²) in [5, 5.41) is 15.4. The Balaban J connectivity index is 2.40. The summed E-state index contributed by atoms with van der Waals surface area (Å²) < 4.78 is 4.57. The lowest BCUT2D eigenvalue weighted by molar-refractivity contribution is -0.136. The molecule has 13 heavy (non-hydrogen) atoms. The first-order valence-corrected chi connectivity index (χ1v) is 3.90. The first-order valence-electron chi connectivity index (χ1n) is 3.90. The molecular formula is C8H12N2O3. The number of carbonyl (C=O) groups excluding carboxylic acids is 1. The van der Waals surface area contributed by atoms with Crippen LogP contribution in [0.2, 0.25) is 0 Å². The minimum Gasteiger partial charge on any atom is -0.381 e. The quantitative estimate of drug-likeness (QED) is 0.696. The molecule has 2 N–H and O–H groups in total. The number of nitrogens with zero attached hydrogens (tertiary/aromatic N) is 1. The summed E-state index contributed by atoms with van der Waals surface area (Å²) in [5.41, 5.74) is -0.735. The van der Waals surface area contributed by atoms with Crippen molar-refractivity contribution in [1.29, 1.82) is 0 Å². The zero-order chi connectivity index (χ0) is 9.90. The number of amides is 1. The Morgan fingerprint density at radius 2 is 2.46 bits per heavy atom. The number of carbonyl (C=O) groups is 1. The minimum atomic E-state index is -1.36. The highest BCUT2D eigenvalue weighted by Crippen LogP contribution is 2.01. The zero-order valence-electron chi connectivity index (χ0n) is 7.57. The van der Waals surface area contributed by atoms with Crippen LogP contribution in [0.25, 0.3) is 0 Å². The fraction of sp³-hybridized carbons (Fsp3) is 0.500. The maximum absolute atomic E-state index is 11.1. The van der Waals surface area contributed by atoms with Gasteiger partial charge in [-0.15, -0.1) is 0 Å². The van der Waals surface area contributed by atoms with Gasteiger partial charge in [-0.05, 0) is 13.8 Å². The topological polar surface area (TPSA) is 75.4 Å². The zero-order valence-corrected chi connectivity index (χ0v) is 7.57. The van der Waals surface area contributed by atoms with E-state index in [1.54, 1.807) is 6.07 Å². The van der Waals surface area contributed by atoms with Gasteiger partial charge in [-0.3, -0.25) is 4.79 Å². The average molecular weight is 184 g/mol. The maximum Gasteiger partial charge on any atom is 0.251 e. The molecule has 0 unspecified atom stereocenters. The van der Waals surface area contributed by atoms with Crippen LogP contribution >= 0.6 is 0 Å². The third kappa shape index (κ3) is 2.87. The third-order valence-corrected chi connectivity index (χ3v) is 1.48. The van der Waals surface area contributed by atoms with E-state index < -0.39 is 11.5 Å². The van der Waals surface area contributed by atoms with Gasteiger partial charge in [-0.2, -0.15) is 0 Å². The second-order valence-corrected chi connectivity index (χ2v) is 3.23. The van der Waals surface area contributed by atoms with Crippen molar-refractivity contribution in [1.82, 2.24) is 10.5 Å². The minimum absolute atomic E-state index is 0.263. The van der Waals surface area contributed by atoms with E-state index in [1.807, 2.05) is 0 Å². The summed E-state index contributed by atoms with van der Waals surface area (Å²) in [6.45, 7) is 3.11. The monoisotopic (exact) mass is 184 g/mol. The molecule has 5 heteroatoms. The van der Waals surface area contributed by atoms with Gasteiger partial charge in [0.1, 0.15) is 17.6 Å². The first kappa shape index (κ1) is 9.73. The van der Waals surface area contributed by atoms with E-state index >= 15 is 0 Å². The van der Waals surface area contributed by atoms with Crippen LogP contribution in [0.3, 0.4) is 0 Å². The number of aliphatic hydroxyl groups is 1. The molecule has 72 valence electrons. The van der Waals surface area contributed by atoms with Crippen molar-refractivity contribution in [2.45, 2.75) is 26.0 Å². The fourth-order valence-corrected chi connectivity index (χ4v) is 0.716. The second-order valence-electron chi connectivity index (χ2n) is 3.23. The van der Waals surface area contributed by atoms with Crippen LogP contribution in [0.4, 0.5) is 0 Å². The van der Waals surface area contributed by atoms with E-state index in [9.17, 15) is 9.90 Å². The Kier molecular flexibility index (Phi) is 2.67. The van der Waals surface area contributed by atoms with Gasteiger partial charge < -0.3 is 14.9 Å². The van der Waals surface area contributed by atoms with Crippen molar-refractivity contribution in [3.05, 3.63) is 18.0 Å². The SMILES string of the molecule is CC(C)(O)C(=O)NCc1ccon1. The summed E-state index contributed by atoms with van der Waals surface area (Å²) in [7, 11) is 0. The molecule has 1 aromatic rings. The van der Waals surface area contributed by atoms with Crippen molar-refractivity contribution in [3.8, 4) is 0 Å². The van der Waals surface area contributed by atoms with E-state index in [4.69, 9.17) is 0 Å². The van der Waals surface area contributed by atoms with Crippen LogP contribution in [-0.4, -0.2) is 21.8 Å². The second kappa shape index (κ2) is 3.57. The Hall–Kier alpha value is -1.36. The summed E-state index contributed by atoms with van der Waals surface area (Å²) in [4.78, 5) is 11.1. The van der Waals surface area contributed by atoms with Gasteiger partial charge in [0, 0.05) is 6.07 Å². The molecule has 0 saturated carbocycles. The van der Waals surface area contributed by atoms with E-state index in [2.05, 4.69) is 15.0 Å². The maximum atomic E-state index is 11.1. The Bertz CT molecular complexity index is 274. The number of nitrogens with one attached hydrogen (secondary N) is 1. The molecule has 5 nitrogen and oxygen atoms in total. The summed E-state index contributed by atoms with van der Waals surface area (Å²) in [6.07, 6.45) is 1.42. The lowest BCUT2D eigenvalue weighted by Crippen LogP contribution is -2.41.